The Labute approximate surface area is 104 Å². The van der Waals surface area contributed by atoms with Crippen molar-refractivity contribution in [3.63, 3.8) is 0 Å². The summed E-state index contributed by atoms with van der Waals surface area (Å²) in [4.78, 5) is 2.66. The van der Waals surface area contributed by atoms with E-state index in [4.69, 9.17) is 9.47 Å². The lowest BCUT2D eigenvalue weighted by molar-refractivity contribution is -0.104. The first kappa shape index (κ1) is 11.9. The van der Waals surface area contributed by atoms with E-state index in [1.54, 1.807) is 0 Å². The van der Waals surface area contributed by atoms with Gasteiger partial charge >= 0.3 is 0 Å². The number of ether oxygens (including phenoxy) is 2. The van der Waals surface area contributed by atoms with Gasteiger partial charge in [-0.3, -0.25) is 4.90 Å². The fourth-order valence-electron chi connectivity index (χ4n) is 3.53. The van der Waals surface area contributed by atoms with Crippen molar-refractivity contribution < 1.29 is 9.47 Å². The minimum Gasteiger partial charge on any atom is -0.378 e. The minimum absolute atomic E-state index is 0.0562. The van der Waals surface area contributed by atoms with Crippen molar-refractivity contribution in [1.29, 1.82) is 0 Å². The zero-order valence-corrected chi connectivity index (χ0v) is 10.8. The lowest BCUT2D eigenvalue weighted by Gasteiger charge is -2.41. The van der Waals surface area contributed by atoms with Gasteiger partial charge in [-0.05, 0) is 26.3 Å². The molecule has 0 saturated carbocycles. The van der Waals surface area contributed by atoms with Crippen molar-refractivity contribution in [2.24, 2.45) is 0 Å². The molecule has 3 rings (SSSR count). The molecule has 3 atom stereocenters. The van der Waals surface area contributed by atoms with Crippen LogP contribution in [-0.4, -0.2) is 62.5 Å². The first-order chi connectivity index (χ1) is 8.31. The zero-order valence-electron chi connectivity index (χ0n) is 10.8. The van der Waals surface area contributed by atoms with E-state index in [1.807, 2.05) is 0 Å². The molecule has 3 fully saturated rings. The molecule has 3 aliphatic rings. The van der Waals surface area contributed by atoms with Gasteiger partial charge in [-0.2, -0.15) is 0 Å². The van der Waals surface area contributed by atoms with Crippen LogP contribution in [0, 0.1) is 0 Å². The van der Waals surface area contributed by atoms with Crippen LogP contribution in [0.5, 0.6) is 0 Å². The molecule has 3 unspecified atom stereocenters. The Morgan fingerprint density at radius 1 is 1.29 bits per heavy atom. The third-order valence-corrected chi connectivity index (χ3v) is 4.68. The fourth-order valence-corrected chi connectivity index (χ4v) is 3.53. The van der Waals surface area contributed by atoms with Gasteiger partial charge in [0.1, 0.15) is 0 Å². The summed E-state index contributed by atoms with van der Waals surface area (Å²) < 4.78 is 11.5. The van der Waals surface area contributed by atoms with Crippen molar-refractivity contribution in [1.82, 2.24) is 10.2 Å². The molecule has 0 bridgehead atoms. The van der Waals surface area contributed by atoms with Gasteiger partial charge < -0.3 is 14.8 Å². The van der Waals surface area contributed by atoms with Crippen molar-refractivity contribution in [2.45, 2.75) is 43.4 Å². The average molecular weight is 240 g/mol. The number of nitrogens with zero attached hydrogens (tertiary/aromatic N) is 1. The fraction of sp³-hybridized carbons (Fsp3) is 1.00. The maximum absolute atomic E-state index is 6.00. The quantitative estimate of drug-likeness (QED) is 0.767. The molecule has 17 heavy (non-hydrogen) atoms. The molecular weight excluding hydrogens is 216 g/mol. The van der Waals surface area contributed by atoms with Crippen LogP contribution in [0.2, 0.25) is 0 Å². The minimum atomic E-state index is 0.0562. The summed E-state index contributed by atoms with van der Waals surface area (Å²) in [5.41, 5.74) is 0.0562. The molecule has 0 aromatic heterocycles. The van der Waals surface area contributed by atoms with E-state index in [-0.39, 0.29) is 5.60 Å². The maximum atomic E-state index is 6.00. The summed E-state index contributed by atoms with van der Waals surface area (Å²) >= 11 is 0. The van der Waals surface area contributed by atoms with Gasteiger partial charge in [-0.1, -0.05) is 0 Å². The van der Waals surface area contributed by atoms with Crippen molar-refractivity contribution in [3.05, 3.63) is 0 Å². The van der Waals surface area contributed by atoms with E-state index < -0.39 is 0 Å². The topological polar surface area (TPSA) is 33.7 Å². The predicted molar refractivity (Wildman–Crippen MR) is 66.2 cm³/mol. The summed E-state index contributed by atoms with van der Waals surface area (Å²) in [7, 11) is 2.07. The second-order valence-corrected chi connectivity index (χ2v) is 5.75. The summed E-state index contributed by atoms with van der Waals surface area (Å²) in [5.74, 6) is 0. The van der Waals surface area contributed by atoms with Gasteiger partial charge in [-0.25, -0.2) is 0 Å². The normalized spacial score (nSPS) is 43.6. The molecule has 4 nitrogen and oxygen atoms in total. The SMILES string of the molecule is CNC1CCN(C2CCOC3(CCOC3)C2)C1. The molecular formula is C13H24N2O2. The van der Waals surface area contributed by atoms with Crippen LogP contribution < -0.4 is 5.32 Å². The molecule has 1 spiro atoms. The summed E-state index contributed by atoms with van der Waals surface area (Å²) in [6.45, 7) is 5.05. The van der Waals surface area contributed by atoms with Crippen molar-refractivity contribution in [3.8, 4) is 0 Å². The van der Waals surface area contributed by atoms with Crippen LogP contribution in [0.4, 0.5) is 0 Å². The van der Waals surface area contributed by atoms with Crippen LogP contribution in [0.15, 0.2) is 0 Å². The number of hydrogen-bond acceptors (Lipinski definition) is 4. The number of rotatable bonds is 2. The Hall–Kier alpha value is -0.160. The van der Waals surface area contributed by atoms with Crippen LogP contribution in [-0.2, 0) is 9.47 Å². The van der Waals surface area contributed by atoms with Crippen molar-refractivity contribution >= 4 is 0 Å². The second-order valence-electron chi connectivity index (χ2n) is 5.75. The lowest BCUT2D eigenvalue weighted by Crippen LogP contribution is -2.49. The number of nitrogens with one attached hydrogen (secondary N) is 1. The van der Waals surface area contributed by atoms with E-state index in [0.717, 1.165) is 26.2 Å². The Morgan fingerprint density at radius 3 is 2.94 bits per heavy atom. The predicted octanol–water partition coefficient (Wildman–Crippen LogP) is 0.618. The second kappa shape index (κ2) is 4.84. The molecule has 4 heteroatoms. The molecule has 0 radical (unpaired) electrons. The van der Waals surface area contributed by atoms with Gasteiger partial charge in [0.05, 0.1) is 12.2 Å². The Morgan fingerprint density at radius 2 is 2.24 bits per heavy atom. The average Bonchev–Trinajstić information content (AvgIpc) is 2.99. The van der Waals surface area contributed by atoms with E-state index in [2.05, 4.69) is 17.3 Å². The standard InChI is InChI=1S/C13H24N2O2/c1-14-11-2-5-15(9-11)12-3-6-17-13(8-12)4-7-16-10-13/h11-12,14H,2-10H2,1H3. The molecule has 0 aromatic rings. The van der Waals surface area contributed by atoms with Crippen molar-refractivity contribution in [2.75, 3.05) is 40.0 Å². The number of likely N-dealkylation sites (tertiary alicyclic amines) is 1. The Kier molecular flexibility index (Phi) is 3.39. The Bertz CT molecular complexity index is 266. The molecule has 3 aliphatic heterocycles. The molecule has 98 valence electrons. The Balaban J connectivity index is 1.60. The van der Waals surface area contributed by atoms with Crippen LogP contribution in [0.1, 0.15) is 25.7 Å². The highest BCUT2D eigenvalue weighted by Gasteiger charge is 2.43. The van der Waals surface area contributed by atoms with E-state index in [1.165, 1.54) is 32.4 Å². The highest BCUT2D eigenvalue weighted by atomic mass is 16.6. The van der Waals surface area contributed by atoms with Gasteiger partial charge in [0, 0.05) is 44.8 Å². The number of likely N-dealkylation sites (N-methyl/N-ethyl adjacent to an activating group) is 1. The molecule has 0 amide bonds. The molecule has 0 aliphatic carbocycles. The lowest BCUT2D eigenvalue weighted by atomic mass is 9.89. The molecule has 1 N–H and O–H groups in total. The van der Waals surface area contributed by atoms with Crippen LogP contribution in [0.25, 0.3) is 0 Å². The van der Waals surface area contributed by atoms with E-state index >= 15 is 0 Å². The molecule has 3 saturated heterocycles. The highest BCUT2D eigenvalue weighted by molar-refractivity contribution is 4.95. The largest absolute Gasteiger partial charge is 0.378 e. The molecule has 3 heterocycles. The summed E-state index contributed by atoms with van der Waals surface area (Å²) in [5, 5.41) is 3.40. The zero-order chi connectivity index (χ0) is 11.7. The van der Waals surface area contributed by atoms with Gasteiger partial charge in [0.2, 0.25) is 0 Å². The van der Waals surface area contributed by atoms with Gasteiger partial charge in [0.25, 0.3) is 0 Å². The first-order valence-electron chi connectivity index (χ1n) is 6.94. The molecule has 0 aromatic carbocycles. The maximum Gasteiger partial charge on any atom is 0.0951 e. The monoisotopic (exact) mass is 240 g/mol. The summed E-state index contributed by atoms with van der Waals surface area (Å²) in [6, 6.07) is 1.40. The smallest absolute Gasteiger partial charge is 0.0951 e. The van der Waals surface area contributed by atoms with Gasteiger partial charge in [-0.15, -0.1) is 0 Å². The number of hydrogen-bond donors (Lipinski definition) is 1. The van der Waals surface area contributed by atoms with E-state index in [0.29, 0.717) is 12.1 Å². The third kappa shape index (κ3) is 2.36. The highest BCUT2D eigenvalue weighted by Crippen LogP contribution is 2.35. The van der Waals surface area contributed by atoms with Gasteiger partial charge in [0.15, 0.2) is 0 Å². The first-order valence-corrected chi connectivity index (χ1v) is 6.94. The van der Waals surface area contributed by atoms with E-state index in [9.17, 15) is 0 Å². The van der Waals surface area contributed by atoms with Crippen LogP contribution >= 0.6 is 0 Å². The van der Waals surface area contributed by atoms with Crippen LogP contribution in [0.3, 0.4) is 0 Å². The third-order valence-electron chi connectivity index (χ3n) is 4.68. The summed E-state index contributed by atoms with van der Waals surface area (Å²) in [6.07, 6.45) is 4.74.